The molecule has 0 aliphatic rings. The molecule has 2 aromatic carbocycles. The lowest BCUT2D eigenvalue weighted by molar-refractivity contribution is -0.128. The molecule has 1 atom stereocenters. The molecule has 3 aromatic rings. The van der Waals surface area contributed by atoms with Gasteiger partial charge in [-0.05, 0) is 42.7 Å². The highest BCUT2D eigenvalue weighted by atomic mass is 16.2. The summed E-state index contributed by atoms with van der Waals surface area (Å²) in [6.45, 7) is 1.88. The van der Waals surface area contributed by atoms with Crippen molar-refractivity contribution in [3.05, 3.63) is 78.0 Å². The summed E-state index contributed by atoms with van der Waals surface area (Å²) in [5.74, 6) is -0.889. The fourth-order valence-electron chi connectivity index (χ4n) is 3.92. The van der Waals surface area contributed by atoms with E-state index in [1.165, 1.54) is 0 Å². The average Bonchev–Trinajstić information content (AvgIpc) is 2.93. The zero-order valence-electron chi connectivity index (χ0n) is 21.2. The smallest absolute Gasteiger partial charge is 0.251 e. The second-order valence-electron chi connectivity index (χ2n) is 8.91. The van der Waals surface area contributed by atoms with Gasteiger partial charge >= 0.3 is 0 Å². The molecule has 0 saturated carbocycles. The lowest BCUT2D eigenvalue weighted by Gasteiger charge is -2.19. The van der Waals surface area contributed by atoms with Crippen LogP contribution in [0.5, 0.6) is 0 Å². The molecule has 0 saturated heterocycles. The fourth-order valence-corrected chi connectivity index (χ4v) is 3.92. The Morgan fingerprint density at radius 1 is 0.892 bits per heavy atom. The summed E-state index contributed by atoms with van der Waals surface area (Å²) >= 11 is 0. The van der Waals surface area contributed by atoms with E-state index in [2.05, 4.69) is 20.9 Å². The molecule has 8 heteroatoms. The van der Waals surface area contributed by atoms with Gasteiger partial charge in [0.15, 0.2) is 0 Å². The Hall–Kier alpha value is -4.07. The highest BCUT2D eigenvalue weighted by molar-refractivity contribution is 5.97. The van der Waals surface area contributed by atoms with E-state index in [-0.39, 0.29) is 30.7 Å². The first kappa shape index (κ1) is 27.5. The van der Waals surface area contributed by atoms with Gasteiger partial charge in [0.1, 0.15) is 11.8 Å². The highest BCUT2D eigenvalue weighted by Gasteiger charge is 2.21. The van der Waals surface area contributed by atoms with Crippen molar-refractivity contribution in [3.63, 3.8) is 0 Å². The van der Waals surface area contributed by atoms with Crippen molar-refractivity contribution in [2.24, 2.45) is 0 Å². The summed E-state index contributed by atoms with van der Waals surface area (Å²) in [6.07, 6.45) is 5.43. The first-order chi connectivity index (χ1) is 18.0. The predicted octanol–water partition coefficient (Wildman–Crippen LogP) is 3.70. The topological polar surface area (TPSA) is 117 Å². The van der Waals surface area contributed by atoms with E-state index in [1.807, 2.05) is 37.3 Å². The third-order valence-corrected chi connectivity index (χ3v) is 6.05. The zero-order valence-corrected chi connectivity index (χ0v) is 21.2. The van der Waals surface area contributed by atoms with Crippen molar-refractivity contribution in [1.29, 1.82) is 0 Å². The maximum atomic E-state index is 13.0. The largest absolute Gasteiger partial charge is 0.350 e. The number of para-hydroxylation sites is 1. The highest BCUT2D eigenvalue weighted by Crippen LogP contribution is 2.13. The third-order valence-electron chi connectivity index (χ3n) is 6.05. The van der Waals surface area contributed by atoms with Crippen LogP contribution < -0.4 is 16.0 Å². The summed E-state index contributed by atoms with van der Waals surface area (Å²) in [6, 6.07) is 17.6. The summed E-state index contributed by atoms with van der Waals surface area (Å²) in [5, 5.41) is 9.21. The number of nitrogens with zero attached hydrogens (tertiary/aromatic N) is 1. The first-order valence-corrected chi connectivity index (χ1v) is 12.7. The molecule has 0 radical (unpaired) electrons. The maximum Gasteiger partial charge on any atom is 0.251 e. The number of pyridine rings is 1. The molecule has 0 bridgehead atoms. The predicted molar refractivity (Wildman–Crippen MR) is 143 cm³/mol. The van der Waals surface area contributed by atoms with Crippen LogP contribution in [-0.2, 0) is 20.9 Å². The van der Waals surface area contributed by atoms with Crippen molar-refractivity contribution in [2.75, 3.05) is 6.54 Å². The van der Waals surface area contributed by atoms with E-state index < -0.39 is 11.9 Å². The van der Waals surface area contributed by atoms with Crippen LogP contribution >= 0.6 is 0 Å². The molecule has 1 heterocycles. The number of carbonyl (C=O) groups is 4. The monoisotopic (exact) mass is 502 g/mol. The van der Waals surface area contributed by atoms with Gasteiger partial charge < -0.3 is 16.0 Å². The van der Waals surface area contributed by atoms with Crippen molar-refractivity contribution in [3.8, 4) is 0 Å². The molecular formula is C29H34N4O4. The number of Topliss-reactive ketones (excluding diaryl/α,β-unsaturated/α-hetero) is 1. The van der Waals surface area contributed by atoms with Gasteiger partial charge in [0.05, 0.1) is 12.1 Å². The Balaban J connectivity index is 1.55. The molecule has 0 spiro atoms. The van der Waals surface area contributed by atoms with Gasteiger partial charge in [0, 0.05) is 36.5 Å². The van der Waals surface area contributed by atoms with Gasteiger partial charge in [0.25, 0.3) is 5.91 Å². The Kier molecular flexibility index (Phi) is 10.8. The van der Waals surface area contributed by atoms with Crippen LogP contribution in [0.15, 0.2) is 66.9 Å². The number of rotatable bonds is 14. The number of unbranched alkanes of at least 4 members (excludes halogenated alkanes) is 2. The molecule has 37 heavy (non-hydrogen) atoms. The molecule has 194 valence electrons. The van der Waals surface area contributed by atoms with Gasteiger partial charge in [-0.25, -0.2) is 0 Å². The normalized spacial score (nSPS) is 11.5. The number of ketones is 1. The summed E-state index contributed by atoms with van der Waals surface area (Å²) < 4.78 is 0. The molecule has 1 aromatic heterocycles. The van der Waals surface area contributed by atoms with Crippen LogP contribution in [0.4, 0.5) is 0 Å². The quantitative estimate of drug-likeness (QED) is 0.291. The van der Waals surface area contributed by atoms with Crippen LogP contribution in [-0.4, -0.2) is 41.1 Å². The molecule has 0 aliphatic heterocycles. The van der Waals surface area contributed by atoms with E-state index in [1.54, 1.807) is 36.5 Å². The van der Waals surface area contributed by atoms with Crippen molar-refractivity contribution in [2.45, 2.75) is 58.0 Å². The lowest BCUT2D eigenvalue weighted by atomic mass is 10.0. The molecule has 0 unspecified atom stereocenters. The molecule has 3 N–H and O–H groups in total. The fraction of sp³-hybridized carbons (Fsp3) is 0.345. The van der Waals surface area contributed by atoms with Crippen molar-refractivity contribution < 1.29 is 19.2 Å². The lowest BCUT2D eigenvalue weighted by Crippen LogP contribution is -2.49. The number of carbonyl (C=O) groups excluding carboxylic acids is 4. The number of hydrogen-bond acceptors (Lipinski definition) is 5. The van der Waals surface area contributed by atoms with E-state index in [4.69, 9.17) is 0 Å². The molecule has 0 aliphatic carbocycles. The minimum Gasteiger partial charge on any atom is -0.350 e. The Labute approximate surface area is 217 Å². The average molecular weight is 503 g/mol. The van der Waals surface area contributed by atoms with Gasteiger partial charge in [-0.2, -0.15) is 0 Å². The van der Waals surface area contributed by atoms with E-state index in [9.17, 15) is 19.2 Å². The molecule has 3 amide bonds. The van der Waals surface area contributed by atoms with Crippen LogP contribution in [0.1, 0.15) is 61.4 Å². The minimum atomic E-state index is -0.753. The van der Waals surface area contributed by atoms with Crippen molar-refractivity contribution in [1.82, 2.24) is 20.9 Å². The van der Waals surface area contributed by atoms with Gasteiger partial charge in [-0.15, -0.1) is 0 Å². The number of nitrogens with one attached hydrogen (secondary N) is 3. The van der Waals surface area contributed by atoms with E-state index >= 15 is 0 Å². The first-order valence-electron chi connectivity index (χ1n) is 12.7. The van der Waals surface area contributed by atoms with Crippen LogP contribution in [0.2, 0.25) is 0 Å². The summed E-state index contributed by atoms with van der Waals surface area (Å²) in [5.41, 5.74) is 2.18. The number of aromatic nitrogens is 1. The second kappa shape index (κ2) is 14.5. The maximum absolute atomic E-state index is 13.0. The van der Waals surface area contributed by atoms with Crippen LogP contribution in [0.3, 0.4) is 0 Å². The SMILES string of the molecule is CCC(=O)CCCCC[C@H](NC(=O)CNC(=O)c1ccccc1)C(=O)NCc1cnc2ccccc2c1. The Morgan fingerprint density at radius 3 is 2.43 bits per heavy atom. The molecule has 8 nitrogen and oxygen atoms in total. The third kappa shape index (κ3) is 9.14. The van der Waals surface area contributed by atoms with E-state index in [0.717, 1.165) is 29.3 Å². The Bertz CT molecular complexity index is 1210. The van der Waals surface area contributed by atoms with Crippen LogP contribution in [0.25, 0.3) is 10.9 Å². The standard InChI is InChI=1S/C29H34N4O4/c1-2-24(34)14-7-4-8-16-26(33-27(35)20-32-28(36)22-11-5-3-6-12-22)29(37)31-19-21-17-23-13-9-10-15-25(23)30-18-21/h3,5-6,9-13,15,17-18,26H,2,4,7-8,14,16,19-20H2,1H3,(H,31,37)(H,32,36)(H,33,35)/t26-/m0/s1. The molecular weight excluding hydrogens is 468 g/mol. The van der Waals surface area contributed by atoms with Crippen LogP contribution in [0, 0.1) is 0 Å². The number of fused-ring (bicyclic) bond motifs is 1. The number of benzene rings is 2. The van der Waals surface area contributed by atoms with E-state index in [0.29, 0.717) is 31.2 Å². The van der Waals surface area contributed by atoms with Crippen molar-refractivity contribution >= 4 is 34.4 Å². The Morgan fingerprint density at radius 2 is 1.65 bits per heavy atom. The molecule has 0 fully saturated rings. The minimum absolute atomic E-state index is 0.223. The summed E-state index contributed by atoms with van der Waals surface area (Å²) in [4.78, 5) is 53.8. The summed E-state index contributed by atoms with van der Waals surface area (Å²) in [7, 11) is 0. The second-order valence-corrected chi connectivity index (χ2v) is 8.91. The van der Waals surface area contributed by atoms with Gasteiger partial charge in [0.2, 0.25) is 11.8 Å². The molecule has 3 rings (SSSR count). The number of amides is 3. The zero-order chi connectivity index (χ0) is 26.5. The number of hydrogen-bond donors (Lipinski definition) is 3. The van der Waals surface area contributed by atoms with Gasteiger partial charge in [-0.3, -0.25) is 24.2 Å². The van der Waals surface area contributed by atoms with Gasteiger partial charge in [-0.1, -0.05) is 56.2 Å².